The second-order valence-electron chi connectivity index (χ2n) is 13.0. The van der Waals surface area contributed by atoms with E-state index in [0.29, 0.717) is 23.4 Å². The number of nitrogens with zero attached hydrogens (tertiary/aromatic N) is 3. The number of rotatable bonds is 11. The van der Waals surface area contributed by atoms with Gasteiger partial charge in [-0.3, -0.25) is 24.6 Å². The molecule has 0 saturated carbocycles. The highest BCUT2D eigenvalue weighted by Gasteiger charge is 2.66. The highest BCUT2D eigenvalue weighted by Crippen LogP contribution is 2.60. The van der Waals surface area contributed by atoms with Gasteiger partial charge in [0.15, 0.2) is 5.60 Å². The molecule has 2 amide bonds. The molecule has 4 atom stereocenters. The molecule has 0 bridgehead atoms. The van der Waals surface area contributed by atoms with Crippen molar-refractivity contribution in [3.8, 4) is 5.75 Å². The Bertz CT molecular complexity index is 1820. The number of nitro benzene ring substituents is 1. The van der Waals surface area contributed by atoms with Crippen LogP contribution >= 0.6 is 0 Å². The Kier molecular flexibility index (Phi) is 8.95. The molecular weight excluding hydrogens is 627 g/mol. The minimum Gasteiger partial charge on any atom is -0.497 e. The number of para-hydroxylation sites is 1. The average Bonchev–Trinajstić information content (AvgIpc) is 3.52. The molecular formula is C37H39N3O7Si. The van der Waals surface area contributed by atoms with Crippen LogP contribution in [0.5, 0.6) is 5.75 Å². The summed E-state index contributed by atoms with van der Waals surface area (Å²) in [6.45, 7) is 6.57. The summed E-state index contributed by atoms with van der Waals surface area (Å²) in [7, 11) is -0.776. The second kappa shape index (κ2) is 13.0. The summed E-state index contributed by atoms with van der Waals surface area (Å²) in [5, 5.41) is 23.3. The maximum atomic E-state index is 14.8. The van der Waals surface area contributed by atoms with E-state index in [1.54, 1.807) is 18.1 Å². The largest absolute Gasteiger partial charge is 0.497 e. The Morgan fingerprint density at radius 3 is 2.29 bits per heavy atom. The Balaban J connectivity index is 1.39. The number of aliphatic hydroxyl groups excluding tert-OH is 1. The molecule has 0 aromatic heterocycles. The van der Waals surface area contributed by atoms with Gasteiger partial charge in [-0.15, -0.1) is 0 Å². The molecule has 0 aliphatic carbocycles. The van der Waals surface area contributed by atoms with Crippen LogP contribution in [-0.2, 0) is 26.5 Å². The van der Waals surface area contributed by atoms with Crippen molar-refractivity contribution in [1.82, 2.24) is 0 Å². The molecule has 0 unspecified atom stereocenters. The molecule has 0 radical (unpaired) electrons. The fourth-order valence-electron chi connectivity index (χ4n) is 7.77. The number of carbonyl (C=O) groups is 2. The molecule has 1 spiro atoms. The van der Waals surface area contributed by atoms with Crippen LogP contribution in [0.25, 0.3) is 0 Å². The molecule has 4 aromatic rings. The summed E-state index contributed by atoms with van der Waals surface area (Å²) in [5.74, 6) is 0.112. The predicted molar refractivity (Wildman–Crippen MR) is 187 cm³/mol. The Morgan fingerprint density at radius 1 is 1.02 bits per heavy atom. The Labute approximate surface area is 280 Å². The van der Waals surface area contributed by atoms with E-state index < -0.39 is 24.7 Å². The molecule has 11 heteroatoms. The summed E-state index contributed by atoms with van der Waals surface area (Å²) >= 11 is 0. The van der Waals surface area contributed by atoms with Crippen LogP contribution in [-0.4, -0.2) is 50.2 Å². The highest BCUT2D eigenvalue weighted by atomic mass is 28.3. The number of anilines is 3. The van der Waals surface area contributed by atoms with E-state index >= 15 is 0 Å². The summed E-state index contributed by atoms with van der Waals surface area (Å²) in [6, 6.07) is 29.2. The lowest BCUT2D eigenvalue weighted by molar-refractivity contribution is -0.385. The lowest BCUT2D eigenvalue weighted by Gasteiger charge is -2.37. The third-order valence-electron chi connectivity index (χ3n) is 10.1. The van der Waals surface area contributed by atoms with Crippen molar-refractivity contribution in [2.75, 3.05) is 23.5 Å². The normalized spacial score (nSPS) is 21.7. The molecule has 2 aliphatic rings. The maximum absolute atomic E-state index is 14.8. The SMILES string of the molecule is COc1ccc([Si](C)(C)[C@@H]2[C@@H](CCO)O[C@]3(C(=O)N(Cc4ccc(N(C=O)c5ccccc5)cc4)c4ccc([N+](=O)[O-])cc43)[C@H]2C)cc1. The Morgan fingerprint density at radius 2 is 1.69 bits per heavy atom. The standard InChI is InChI=1S/C37H39N3O7Si/c1-25-35(48(3,4)31-17-15-30(46-2)16-18-31)34(20-21-41)47-37(25)32-22-29(40(44)45)14-19-33(32)38(36(37)43)23-26-10-12-28(13-11-26)39(24-42)27-8-6-5-7-9-27/h5-19,22,24-25,34-35,41H,20-21,23H2,1-4H3/t25-,34+,35-,37+/m0/s1. The van der Waals surface area contributed by atoms with Gasteiger partial charge in [0.25, 0.3) is 11.6 Å². The molecule has 6 rings (SSSR count). The topological polar surface area (TPSA) is 122 Å². The fourth-order valence-corrected chi connectivity index (χ4v) is 11.8. The van der Waals surface area contributed by atoms with E-state index in [4.69, 9.17) is 9.47 Å². The van der Waals surface area contributed by atoms with Crippen LogP contribution in [0, 0.1) is 16.0 Å². The number of carbonyl (C=O) groups excluding carboxylic acids is 2. The van der Waals surface area contributed by atoms with Crippen molar-refractivity contribution >= 4 is 48.3 Å². The van der Waals surface area contributed by atoms with Gasteiger partial charge in [0.2, 0.25) is 6.41 Å². The van der Waals surface area contributed by atoms with E-state index in [9.17, 15) is 24.8 Å². The zero-order valence-corrected chi connectivity index (χ0v) is 28.4. The van der Waals surface area contributed by atoms with Gasteiger partial charge in [-0.25, -0.2) is 0 Å². The first-order valence-electron chi connectivity index (χ1n) is 16.0. The zero-order chi connectivity index (χ0) is 34.2. The smallest absolute Gasteiger partial charge is 0.269 e. The number of benzene rings is 4. The highest BCUT2D eigenvalue weighted by molar-refractivity contribution is 6.91. The molecule has 1 saturated heterocycles. The number of methoxy groups -OCH3 is 1. The number of amides is 2. The first kappa shape index (κ1) is 33.1. The van der Waals surface area contributed by atoms with Crippen LogP contribution in [0.3, 0.4) is 0 Å². The molecule has 1 N–H and O–H groups in total. The van der Waals surface area contributed by atoms with E-state index in [1.165, 1.54) is 17.0 Å². The zero-order valence-electron chi connectivity index (χ0n) is 27.4. The summed E-state index contributed by atoms with van der Waals surface area (Å²) in [4.78, 5) is 41.5. The number of hydrogen-bond acceptors (Lipinski definition) is 7. The predicted octanol–water partition coefficient (Wildman–Crippen LogP) is 6.04. The van der Waals surface area contributed by atoms with Crippen molar-refractivity contribution in [2.24, 2.45) is 5.92 Å². The second-order valence-corrected chi connectivity index (χ2v) is 17.7. The molecule has 48 heavy (non-hydrogen) atoms. The maximum Gasteiger partial charge on any atom is 0.269 e. The third-order valence-corrected chi connectivity index (χ3v) is 14.5. The summed E-state index contributed by atoms with van der Waals surface area (Å²) < 4.78 is 12.3. The number of ether oxygens (including phenoxy) is 2. The van der Waals surface area contributed by atoms with Gasteiger partial charge in [0.05, 0.1) is 38.4 Å². The first-order chi connectivity index (χ1) is 23.1. The lowest BCUT2D eigenvalue weighted by atomic mass is 9.82. The monoisotopic (exact) mass is 665 g/mol. The van der Waals surface area contributed by atoms with Crippen molar-refractivity contribution in [2.45, 2.75) is 50.2 Å². The van der Waals surface area contributed by atoms with Crippen LogP contribution in [0.4, 0.5) is 22.7 Å². The third kappa shape index (κ3) is 5.47. The quantitative estimate of drug-likeness (QED) is 0.0897. The summed E-state index contributed by atoms with van der Waals surface area (Å²) in [6.07, 6.45) is 0.642. The van der Waals surface area contributed by atoms with Gasteiger partial charge in [-0.2, -0.15) is 0 Å². The number of aliphatic hydroxyl groups is 1. The average molecular weight is 666 g/mol. The van der Waals surface area contributed by atoms with E-state index in [0.717, 1.165) is 28.6 Å². The van der Waals surface area contributed by atoms with E-state index in [2.05, 4.69) is 25.2 Å². The van der Waals surface area contributed by atoms with Crippen molar-refractivity contribution < 1.29 is 29.1 Å². The molecule has 4 aromatic carbocycles. The van der Waals surface area contributed by atoms with Crippen LogP contribution in [0.1, 0.15) is 24.5 Å². The van der Waals surface area contributed by atoms with Crippen molar-refractivity contribution in [1.29, 1.82) is 0 Å². The van der Waals surface area contributed by atoms with Gasteiger partial charge >= 0.3 is 0 Å². The van der Waals surface area contributed by atoms with Crippen LogP contribution in [0.15, 0.2) is 97.1 Å². The molecule has 2 heterocycles. The summed E-state index contributed by atoms with van der Waals surface area (Å²) in [5.41, 5.74) is 1.58. The molecule has 2 aliphatic heterocycles. The van der Waals surface area contributed by atoms with Gasteiger partial charge in [0.1, 0.15) is 5.75 Å². The minimum atomic E-state index is -2.40. The number of non-ortho nitro benzene ring substituents is 1. The first-order valence-corrected chi connectivity index (χ1v) is 19.1. The van der Waals surface area contributed by atoms with Crippen LogP contribution in [0.2, 0.25) is 18.6 Å². The molecule has 248 valence electrons. The van der Waals surface area contributed by atoms with E-state index in [1.807, 2.05) is 73.7 Å². The molecule has 1 fully saturated rings. The van der Waals surface area contributed by atoms with Crippen LogP contribution < -0.4 is 19.7 Å². The van der Waals surface area contributed by atoms with Crippen molar-refractivity contribution in [3.05, 3.63) is 118 Å². The van der Waals surface area contributed by atoms with Crippen molar-refractivity contribution in [3.63, 3.8) is 0 Å². The minimum absolute atomic E-state index is 0.0966. The Hall–Kier alpha value is -4.84. The van der Waals surface area contributed by atoms with Gasteiger partial charge < -0.3 is 19.5 Å². The number of fused-ring (bicyclic) bond motifs is 2. The lowest BCUT2D eigenvalue weighted by Crippen LogP contribution is -2.51. The van der Waals surface area contributed by atoms with E-state index in [-0.39, 0.29) is 36.2 Å². The van der Waals surface area contributed by atoms with Gasteiger partial charge in [0, 0.05) is 41.6 Å². The number of nitro groups is 1. The number of hydrogen-bond donors (Lipinski definition) is 1. The molecule has 10 nitrogen and oxygen atoms in total. The van der Waals surface area contributed by atoms with Gasteiger partial charge in [-0.1, -0.05) is 67.7 Å². The fraction of sp³-hybridized carbons (Fsp3) is 0.297. The van der Waals surface area contributed by atoms with Gasteiger partial charge in [-0.05, 0) is 60.0 Å².